The molecule has 2 rings (SSSR count). The van der Waals surface area contributed by atoms with Gasteiger partial charge in [-0.1, -0.05) is 36.4 Å². The summed E-state index contributed by atoms with van der Waals surface area (Å²) in [5.74, 6) is -0.104. The number of amides is 3. The molecular formula is C15H19N3O2. The lowest BCUT2D eigenvalue weighted by atomic mass is 9.99. The van der Waals surface area contributed by atoms with E-state index < -0.39 is 12.1 Å². The summed E-state index contributed by atoms with van der Waals surface area (Å²) in [7, 11) is 0. The van der Waals surface area contributed by atoms with Gasteiger partial charge in [-0.3, -0.25) is 4.79 Å². The first-order valence-electron chi connectivity index (χ1n) is 6.67. The molecule has 0 saturated carbocycles. The number of carbonyl (C=O) groups excluding carboxylic acids is 2. The number of nitrogens with one attached hydrogen (secondary N) is 1. The molecule has 5 nitrogen and oxygen atoms in total. The van der Waals surface area contributed by atoms with Crippen LogP contribution in [0.1, 0.15) is 18.9 Å². The van der Waals surface area contributed by atoms with E-state index in [0.29, 0.717) is 13.1 Å². The molecule has 3 amide bonds. The highest BCUT2D eigenvalue weighted by molar-refractivity contribution is 5.87. The fraction of sp³-hybridized carbons (Fsp3) is 0.333. The van der Waals surface area contributed by atoms with Crippen molar-refractivity contribution in [3.05, 3.63) is 42.0 Å². The topological polar surface area (TPSA) is 75.4 Å². The van der Waals surface area contributed by atoms with Crippen LogP contribution in [0.4, 0.5) is 4.79 Å². The van der Waals surface area contributed by atoms with Crippen LogP contribution in [-0.4, -0.2) is 36.0 Å². The van der Waals surface area contributed by atoms with Crippen molar-refractivity contribution in [2.75, 3.05) is 13.1 Å². The summed E-state index contributed by atoms with van der Waals surface area (Å²) in [4.78, 5) is 24.6. The summed E-state index contributed by atoms with van der Waals surface area (Å²) >= 11 is 0. The number of hydrogen-bond donors (Lipinski definition) is 2. The molecule has 0 radical (unpaired) electrons. The van der Waals surface area contributed by atoms with Crippen LogP contribution in [0.15, 0.2) is 36.4 Å². The van der Waals surface area contributed by atoms with Gasteiger partial charge in [0.1, 0.15) is 6.04 Å². The van der Waals surface area contributed by atoms with Crippen LogP contribution < -0.4 is 11.1 Å². The van der Waals surface area contributed by atoms with E-state index in [1.54, 1.807) is 11.8 Å². The second-order valence-corrected chi connectivity index (χ2v) is 4.86. The van der Waals surface area contributed by atoms with Crippen LogP contribution in [0, 0.1) is 0 Å². The maximum Gasteiger partial charge on any atom is 0.312 e. The summed E-state index contributed by atoms with van der Waals surface area (Å²) in [6.07, 6.45) is 2.88. The average molecular weight is 273 g/mol. The van der Waals surface area contributed by atoms with Gasteiger partial charge in [-0.15, -0.1) is 0 Å². The highest BCUT2D eigenvalue weighted by atomic mass is 16.2. The number of nitrogens with two attached hydrogens (primary N) is 1. The third-order valence-electron chi connectivity index (χ3n) is 3.39. The number of primary amides is 1. The average Bonchev–Trinajstić information content (AvgIpc) is 2.47. The van der Waals surface area contributed by atoms with E-state index in [1.165, 1.54) is 11.1 Å². The highest BCUT2D eigenvalue weighted by Crippen LogP contribution is 2.22. The van der Waals surface area contributed by atoms with Gasteiger partial charge in [-0.25, -0.2) is 4.79 Å². The van der Waals surface area contributed by atoms with Crippen LogP contribution in [-0.2, 0) is 4.79 Å². The third kappa shape index (κ3) is 3.38. The van der Waals surface area contributed by atoms with Crippen molar-refractivity contribution in [1.82, 2.24) is 10.2 Å². The van der Waals surface area contributed by atoms with E-state index in [4.69, 9.17) is 5.73 Å². The van der Waals surface area contributed by atoms with Crippen molar-refractivity contribution < 1.29 is 9.59 Å². The molecule has 1 aromatic rings. The zero-order valence-corrected chi connectivity index (χ0v) is 11.5. The molecule has 1 aliphatic heterocycles. The smallest absolute Gasteiger partial charge is 0.312 e. The predicted octanol–water partition coefficient (Wildman–Crippen LogP) is 1.36. The molecule has 1 aliphatic rings. The monoisotopic (exact) mass is 273 g/mol. The van der Waals surface area contributed by atoms with Crippen LogP contribution >= 0.6 is 0 Å². The summed E-state index contributed by atoms with van der Waals surface area (Å²) in [6, 6.07) is 8.88. The minimum atomic E-state index is -0.677. The molecule has 1 heterocycles. The Morgan fingerprint density at radius 2 is 2.00 bits per heavy atom. The van der Waals surface area contributed by atoms with Gasteiger partial charge in [0.05, 0.1) is 0 Å². The summed E-state index contributed by atoms with van der Waals surface area (Å²) in [6.45, 7) is 2.86. The Morgan fingerprint density at radius 3 is 2.55 bits per heavy atom. The minimum Gasteiger partial charge on any atom is -0.352 e. The number of hydrogen-bond acceptors (Lipinski definition) is 2. The van der Waals surface area contributed by atoms with Crippen molar-refractivity contribution in [3.8, 4) is 0 Å². The van der Waals surface area contributed by atoms with Gasteiger partial charge in [0.2, 0.25) is 5.91 Å². The van der Waals surface area contributed by atoms with Crippen LogP contribution in [0.3, 0.4) is 0 Å². The normalized spacial score (nSPS) is 16.2. The maximum atomic E-state index is 12.1. The lowest BCUT2D eigenvalue weighted by Gasteiger charge is -2.29. The summed E-state index contributed by atoms with van der Waals surface area (Å²) < 4.78 is 0. The van der Waals surface area contributed by atoms with Gasteiger partial charge in [-0.05, 0) is 24.5 Å². The molecule has 0 aliphatic carbocycles. The molecule has 5 heteroatoms. The van der Waals surface area contributed by atoms with Crippen molar-refractivity contribution in [3.63, 3.8) is 0 Å². The summed E-state index contributed by atoms with van der Waals surface area (Å²) in [5.41, 5.74) is 7.48. The van der Waals surface area contributed by atoms with Crippen molar-refractivity contribution >= 4 is 17.5 Å². The fourth-order valence-electron chi connectivity index (χ4n) is 2.33. The van der Waals surface area contributed by atoms with Gasteiger partial charge < -0.3 is 16.0 Å². The minimum absolute atomic E-state index is 0.104. The third-order valence-corrected chi connectivity index (χ3v) is 3.39. The quantitative estimate of drug-likeness (QED) is 0.872. The van der Waals surface area contributed by atoms with Gasteiger partial charge in [0.15, 0.2) is 0 Å². The number of nitrogens with zero attached hydrogens (tertiary/aromatic N) is 1. The Morgan fingerprint density at radius 1 is 1.30 bits per heavy atom. The second-order valence-electron chi connectivity index (χ2n) is 4.86. The Kier molecular flexibility index (Phi) is 4.40. The number of benzene rings is 1. The molecule has 1 atom stereocenters. The lowest BCUT2D eigenvalue weighted by molar-refractivity contribution is -0.132. The number of urea groups is 1. The van der Waals surface area contributed by atoms with E-state index in [2.05, 4.69) is 23.5 Å². The zero-order valence-electron chi connectivity index (χ0n) is 11.5. The Bertz CT molecular complexity index is 525. The molecule has 0 bridgehead atoms. The van der Waals surface area contributed by atoms with Gasteiger partial charge in [-0.2, -0.15) is 0 Å². The molecule has 106 valence electrons. The standard InChI is InChI=1S/C15H19N3O2/c1-11(17-15(16)20)14(19)18-9-7-13(8-10-18)12-5-3-2-4-6-12/h2-7,11H,8-10H2,1H3,(H3,16,17,20)/t11-/m1/s1. The van der Waals surface area contributed by atoms with Crippen LogP contribution in [0.5, 0.6) is 0 Å². The molecular weight excluding hydrogens is 254 g/mol. The Labute approximate surface area is 118 Å². The second kappa shape index (κ2) is 6.23. The van der Waals surface area contributed by atoms with Gasteiger partial charge in [0.25, 0.3) is 0 Å². The van der Waals surface area contributed by atoms with E-state index in [0.717, 1.165) is 6.42 Å². The van der Waals surface area contributed by atoms with Gasteiger partial charge >= 0.3 is 6.03 Å². The zero-order chi connectivity index (χ0) is 14.5. The maximum absolute atomic E-state index is 12.1. The number of carbonyl (C=O) groups is 2. The van der Waals surface area contributed by atoms with Crippen LogP contribution in [0.25, 0.3) is 5.57 Å². The summed E-state index contributed by atoms with van der Waals surface area (Å²) in [5, 5.41) is 2.41. The molecule has 0 spiro atoms. The van der Waals surface area contributed by atoms with Crippen molar-refractivity contribution in [2.24, 2.45) is 5.73 Å². The largest absolute Gasteiger partial charge is 0.352 e. The first-order chi connectivity index (χ1) is 9.58. The van der Waals surface area contributed by atoms with Crippen molar-refractivity contribution in [2.45, 2.75) is 19.4 Å². The Balaban J connectivity index is 1.98. The molecule has 0 aromatic heterocycles. The van der Waals surface area contributed by atoms with Crippen molar-refractivity contribution in [1.29, 1.82) is 0 Å². The fourth-order valence-corrected chi connectivity index (χ4v) is 2.33. The van der Waals surface area contributed by atoms with E-state index >= 15 is 0 Å². The SMILES string of the molecule is C[C@@H](NC(N)=O)C(=O)N1CC=C(c2ccccc2)CC1. The molecule has 0 saturated heterocycles. The molecule has 1 aromatic carbocycles. The Hall–Kier alpha value is -2.30. The highest BCUT2D eigenvalue weighted by Gasteiger charge is 2.23. The van der Waals surface area contributed by atoms with Crippen LogP contribution in [0.2, 0.25) is 0 Å². The van der Waals surface area contributed by atoms with Gasteiger partial charge in [0, 0.05) is 13.1 Å². The molecule has 0 fully saturated rings. The first kappa shape index (κ1) is 14.1. The van der Waals surface area contributed by atoms with E-state index in [9.17, 15) is 9.59 Å². The van der Waals surface area contributed by atoms with E-state index in [1.807, 2.05) is 18.2 Å². The molecule has 3 N–H and O–H groups in total. The first-order valence-corrected chi connectivity index (χ1v) is 6.67. The molecule has 0 unspecified atom stereocenters. The van der Waals surface area contributed by atoms with E-state index in [-0.39, 0.29) is 5.91 Å². The lowest BCUT2D eigenvalue weighted by Crippen LogP contribution is -2.49. The predicted molar refractivity (Wildman–Crippen MR) is 77.8 cm³/mol. The number of rotatable bonds is 3. The molecule has 20 heavy (non-hydrogen) atoms.